The van der Waals surface area contributed by atoms with Gasteiger partial charge in [-0.3, -0.25) is 9.69 Å². The van der Waals surface area contributed by atoms with E-state index in [4.69, 9.17) is 0 Å². The molecule has 1 aromatic heterocycles. The molecule has 2 atom stereocenters. The van der Waals surface area contributed by atoms with Gasteiger partial charge in [0.2, 0.25) is 0 Å². The van der Waals surface area contributed by atoms with Gasteiger partial charge in [-0.1, -0.05) is 38.1 Å². The molecule has 1 saturated heterocycles. The van der Waals surface area contributed by atoms with Crippen LogP contribution in [0.25, 0.3) is 10.9 Å². The first-order valence-corrected chi connectivity index (χ1v) is 11.5. The maximum atomic E-state index is 13.3. The number of aromatic amines is 1. The predicted molar refractivity (Wildman–Crippen MR) is 128 cm³/mol. The van der Waals surface area contributed by atoms with Gasteiger partial charge in [0.1, 0.15) is 0 Å². The SMILES string of the molecule is CC(C)C(=O)C(C1CCc2ccccc2N1)N1CCN(c2cccc3[nH]ccc23)CC1. The number of hydrogen-bond acceptors (Lipinski definition) is 4. The van der Waals surface area contributed by atoms with Crippen molar-refractivity contribution in [1.82, 2.24) is 9.88 Å². The number of hydrogen-bond donors (Lipinski definition) is 2. The molecular weight excluding hydrogens is 384 g/mol. The van der Waals surface area contributed by atoms with Gasteiger partial charge in [0.05, 0.1) is 6.04 Å². The molecule has 3 aromatic rings. The minimum atomic E-state index is -0.0708. The lowest BCUT2D eigenvalue weighted by molar-refractivity contribution is -0.128. The van der Waals surface area contributed by atoms with E-state index < -0.39 is 0 Å². The summed E-state index contributed by atoms with van der Waals surface area (Å²) in [6.07, 6.45) is 4.04. The third kappa shape index (κ3) is 3.83. The van der Waals surface area contributed by atoms with Crippen LogP contribution in [0.15, 0.2) is 54.7 Å². The molecule has 0 aliphatic carbocycles. The highest BCUT2D eigenvalue weighted by molar-refractivity contribution is 5.92. The number of para-hydroxylation sites is 1. The van der Waals surface area contributed by atoms with Crippen molar-refractivity contribution >= 4 is 28.1 Å². The predicted octanol–water partition coefficient (Wildman–Crippen LogP) is 4.31. The highest BCUT2D eigenvalue weighted by Gasteiger charge is 2.37. The number of aromatic nitrogens is 1. The minimum absolute atomic E-state index is 0.0376. The fraction of sp³-hybridized carbons (Fsp3) is 0.423. The Bertz CT molecular complexity index is 1060. The Morgan fingerprint density at radius 2 is 1.81 bits per heavy atom. The van der Waals surface area contributed by atoms with Crippen LogP contribution < -0.4 is 10.2 Å². The van der Waals surface area contributed by atoms with Gasteiger partial charge in [-0.15, -0.1) is 0 Å². The molecule has 0 radical (unpaired) electrons. The molecule has 5 rings (SSSR count). The number of piperazine rings is 1. The molecule has 0 bridgehead atoms. The van der Waals surface area contributed by atoms with Crippen molar-refractivity contribution in [1.29, 1.82) is 0 Å². The number of fused-ring (bicyclic) bond motifs is 2. The molecule has 162 valence electrons. The average Bonchev–Trinajstić information content (AvgIpc) is 3.29. The van der Waals surface area contributed by atoms with Gasteiger partial charge >= 0.3 is 0 Å². The van der Waals surface area contributed by atoms with Crippen LogP contribution in [0.3, 0.4) is 0 Å². The first kappa shape index (κ1) is 20.1. The number of nitrogens with zero attached hydrogens (tertiary/aromatic N) is 2. The second-order valence-corrected chi connectivity index (χ2v) is 9.19. The molecule has 0 spiro atoms. The second kappa shape index (κ2) is 8.39. The molecular formula is C26H32N4O. The first-order chi connectivity index (χ1) is 15.1. The number of nitrogens with one attached hydrogen (secondary N) is 2. The van der Waals surface area contributed by atoms with E-state index in [0.29, 0.717) is 5.78 Å². The molecule has 0 saturated carbocycles. The van der Waals surface area contributed by atoms with Crippen LogP contribution in [0.1, 0.15) is 25.8 Å². The monoisotopic (exact) mass is 416 g/mol. The van der Waals surface area contributed by atoms with Gasteiger partial charge < -0.3 is 15.2 Å². The van der Waals surface area contributed by atoms with Crippen molar-refractivity contribution in [2.75, 3.05) is 36.4 Å². The van der Waals surface area contributed by atoms with Crippen molar-refractivity contribution in [2.45, 2.75) is 38.8 Å². The topological polar surface area (TPSA) is 51.4 Å². The van der Waals surface area contributed by atoms with Gasteiger partial charge in [0, 0.05) is 66.6 Å². The Hall–Kier alpha value is -2.79. The van der Waals surface area contributed by atoms with Crippen LogP contribution in [-0.2, 0) is 11.2 Å². The lowest BCUT2D eigenvalue weighted by Crippen LogP contribution is -2.59. The van der Waals surface area contributed by atoms with Crippen molar-refractivity contribution in [3.05, 3.63) is 60.3 Å². The molecule has 31 heavy (non-hydrogen) atoms. The molecule has 2 aliphatic rings. The number of aryl methyl sites for hydroxylation is 1. The van der Waals surface area contributed by atoms with Gasteiger partial charge in [-0.25, -0.2) is 0 Å². The maximum absolute atomic E-state index is 13.3. The lowest BCUT2D eigenvalue weighted by atomic mass is 9.87. The minimum Gasteiger partial charge on any atom is -0.380 e. The Morgan fingerprint density at radius 1 is 1.00 bits per heavy atom. The van der Waals surface area contributed by atoms with Crippen LogP contribution in [0.2, 0.25) is 0 Å². The normalized spacial score (nSPS) is 20.5. The Morgan fingerprint density at radius 3 is 2.61 bits per heavy atom. The molecule has 2 unspecified atom stereocenters. The molecule has 2 aromatic carbocycles. The number of anilines is 2. The smallest absolute Gasteiger partial charge is 0.154 e. The largest absolute Gasteiger partial charge is 0.380 e. The van der Waals surface area contributed by atoms with E-state index in [9.17, 15) is 4.79 Å². The number of ketones is 1. The number of carbonyl (C=O) groups is 1. The molecule has 5 nitrogen and oxygen atoms in total. The summed E-state index contributed by atoms with van der Waals surface area (Å²) >= 11 is 0. The zero-order valence-corrected chi connectivity index (χ0v) is 18.5. The summed E-state index contributed by atoms with van der Waals surface area (Å²) in [6.45, 7) is 7.77. The van der Waals surface area contributed by atoms with Crippen LogP contribution in [0.4, 0.5) is 11.4 Å². The van der Waals surface area contributed by atoms with E-state index in [-0.39, 0.29) is 18.0 Å². The molecule has 0 amide bonds. The summed E-state index contributed by atoms with van der Waals surface area (Å²) in [5, 5.41) is 4.99. The third-order valence-corrected chi connectivity index (χ3v) is 6.94. The van der Waals surface area contributed by atoms with Gasteiger partial charge in [0.25, 0.3) is 0 Å². The van der Waals surface area contributed by atoms with Gasteiger partial charge in [0.15, 0.2) is 5.78 Å². The summed E-state index contributed by atoms with van der Waals surface area (Å²) in [5.74, 6) is 0.397. The van der Waals surface area contributed by atoms with Crippen LogP contribution >= 0.6 is 0 Å². The summed E-state index contributed by atoms with van der Waals surface area (Å²) in [6, 6.07) is 17.2. The second-order valence-electron chi connectivity index (χ2n) is 9.19. The Labute approximate surface area is 184 Å². The fourth-order valence-corrected chi connectivity index (χ4v) is 5.26. The number of Topliss-reactive ketones (excluding diaryl/α,β-unsaturated/α-hetero) is 1. The molecule has 5 heteroatoms. The van der Waals surface area contributed by atoms with Gasteiger partial charge in [-0.2, -0.15) is 0 Å². The van der Waals surface area contributed by atoms with Crippen molar-refractivity contribution in [3.8, 4) is 0 Å². The lowest BCUT2D eigenvalue weighted by Gasteiger charge is -2.44. The van der Waals surface area contributed by atoms with E-state index in [1.54, 1.807) is 0 Å². The highest BCUT2D eigenvalue weighted by Crippen LogP contribution is 2.31. The standard InChI is InChI=1S/C26H32N4O/c1-18(2)26(31)25(23-11-10-19-6-3-4-7-21(19)28-23)30-16-14-29(15-17-30)24-9-5-8-22-20(24)12-13-27-22/h3-9,12-13,18,23,25,27-28H,10-11,14-17H2,1-2H3. The molecule has 3 heterocycles. The van der Waals surface area contributed by atoms with E-state index in [1.165, 1.54) is 27.8 Å². The number of benzene rings is 2. The quantitative estimate of drug-likeness (QED) is 0.651. The van der Waals surface area contributed by atoms with E-state index in [2.05, 4.69) is 68.6 Å². The van der Waals surface area contributed by atoms with E-state index in [0.717, 1.165) is 39.0 Å². The van der Waals surface area contributed by atoms with Crippen LogP contribution in [-0.4, -0.2) is 53.9 Å². The maximum Gasteiger partial charge on any atom is 0.154 e. The van der Waals surface area contributed by atoms with Crippen molar-refractivity contribution in [3.63, 3.8) is 0 Å². The Balaban J connectivity index is 1.34. The summed E-state index contributed by atoms with van der Waals surface area (Å²) < 4.78 is 0. The summed E-state index contributed by atoms with van der Waals surface area (Å²) in [4.78, 5) is 21.6. The van der Waals surface area contributed by atoms with E-state index >= 15 is 0 Å². The average molecular weight is 417 g/mol. The third-order valence-electron chi connectivity index (χ3n) is 6.94. The van der Waals surface area contributed by atoms with Gasteiger partial charge in [-0.05, 0) is 42.7 Å². The van der Waals surface area contributed by atoms with E-state index in [1.807, 2.05) is 20.0 Å². The number of carbonyl (C=O) groups excluding carboxylic acids is 1. The number of H-pyrrole nitrogens is 1. The zero-order valence-electron chi connectivity index (χ0n) is 18.5. The summed E-state index contributed by atoms with van der Waals surface area (Å²) in [5.41, 5.74) is 5.02. The van der Waals surface area contributed by atoms with Crippen LogP contribution in [0.5, 0.6) is 0 Å². The number of rotatable bonds is 5. The molecule has 2 aliphatic heterocycles. The first-order valence-electron chi connectivity index (χ1n) is 11.5. The molecule has 2 N–H and O–H groups in total. The highest BCUT2D eigenvalue weighted by atomic mass is 16.1. The van der Waals surface area contributed by atoms with Crippen molar-refractivity contribution in [2.24, 2.45) is 5.92 Å². The zero-order chi connectivity index (χ0) is 21.4. The Kier molecular flexibility index (Phi) is 5.45. The van der Waals surface area contributed by atoms with Crippen molar-refractivity contribution < 1.29 is 4.79 Å². The van der Waals surface area contributed by atoms with Crippen LogP contribution in [0, 0.1) is 5.92 Å². The molecule has 1 fully saturated rings. The fourth-order valence-electron chi connectivity index (χ4n) is 5.26. The summed E-state index contributed by atoms with van der Waals surface area (Å²) in [7, 11) is 0.